The van der Waals surface area contributed by atoms with Crippen molar-refractivity contribution < 1.29 is 18.3 Å². The van der Waals surface area contributed by atoms with Crippen molar-refractivity contribution in [1.82, 2.24) is 0 Å². The summed E-state index contributed by atoms with van der Waals surface area (Å²) in [4.78, 5) is 11.2. The van der Waals surface area contributed by atoms with Gasteiger partial charge in [0.2, 0.25) is 0 Å². The van der Waals surface area contributed by atoms with Crippen LogP contribution in [-0.2, 0) is 14.6 Å². The predicted molar refractivity (Wildman–Crippen MR) is 67.6 cm³/mol. The van der Waals surface area contributed by atoms with Crippen LogP contribution in [0.3, 0.4) is 0 Å². The fourth-order valence-corrected chi connectivity index (χ4v) is 4.16. The molecule has 0 saturated carbocycles. The second kappa shape index (κ2) is 3.98. The van der Waals surface area contributed by atoms with E-state index >= 15 is 0 Å². The highest BCUT2D eigenvalue weighted by molar-refractivity contribution is 7.93. The lowest BCUT2D eigenvalue weighted by molar-refractivity contribution is -0.136. The van der Waals surface area contributed by atoms with E-state index in [0.29, 0.717) is 5.69 Å². The van der Waals surface area contributed by atoms with Crippen LogP contribution < -0.4 is 5.32 Å². The number of aryl methyl sites for hydroxylation is 1. The molecule has 2 atom stereocenters. The molecule has 2 rings (SSSR count). The molecular weight excluding hydrogens is 254 g/mol. The van der Waals surface area contributed by atoms with E-state index in [9.17, 15) is 13.2 Å². The highest BCUT2D eigenvalue weighted by Crippen LogP contribution is 2.36. The minimum atomic E-state index is -3.83. The van der Waals surface area contributed by atoms with E-state index in [2.05, 4.69) is 5.32 Å². The highest BCUT2D eigenvalue weighted by atomic mass is 32.2. The maximum Gasteiger partial charge on any atom is 0.324 e. The van der Waals surface area contributed by atoms with E-state index < -0.39 is 27.1 Å². The van der Waals surface area contributed by atoms with E-state index in [4.69, 9.17) is 5.11 Å². The van der Waals surface area contributed by atoms with E-state index in [-0.39, 0.29) is 4.90 Å². The zero-order valence-corrected chi connectivity index (χ0v) is 11.2. The topological polar surface area (TPSA) is 83.5 Å². The molecule has 1 aromatic carbocycles. The fraction of sp³-hybridized carbons (Fsp3) is 0.417. The van der Waals surface area contributed by atoms with Crippen molar-refractivity contribution in [3.8, 4) is 0 Å². The Morgan fingerprint density at radius 1 is 1.33 bits per heavy atom. The molecule has 98 valence electrons. The number of carboxylic acid groups (broad SMARTS) is 1. The van der Waals surface area contributed by atoms with E-state index in [0.717, 1.165) is 11.1 Å². The summed E-state index contributed by atoms with van der Waals surface area (Å²) in [5, 5.41) is 10.6. The number of anilines is 1. The smallest absolute Gasteiger partial charge is 0.324 e. The van der Waals surface area contributed by atoms with Gasteiger partial charge in [0.1, 0.15) is 0 Å². The van der Waals surface area contributed by atoms with Crippen molar-refractivity contribution in [2.45, 2.75) is 37.0 Å². The van der Waals surface area contributed by atoms with Crippen LogP contribution in [0, 0.1) is 13.8 Å². The summed E-state index contributed by atoms with van der Waals surface area (Å²) in [5.41, 5.74) is 2.34. The molecular formula is C12H15NO4S. The van der Waals surface area contributed by atoms with Gasteiger partial charge >= 0.3 is 5.97 Å². The van der Waals surface area contributed by atoms with Crippen LogP contribution in [0.15, 0.2) is 17.0 Å². The van der Waals surface area contributed by atoms with Crippen molar-refractivity contribution in [1.29, 1.82) is 0 Å². The van der Waals surface area contributed by atoms with Gasteiger partial charge in [-0.15, -0.1) is 0 Å². The zero-order chi connectivity index (χ0) is 13.7. The third-order valence-electron chi connectivity index (χ3n) is 3.41. The first-order valence-corrected chi connectivity index (χ1v) is 7.15. The Kier molecular flexibility index (Phi) is 2.85. The Hall–Kier alpha value is -1.56. The van der Waals surface area contributed by atoms with E-state index in [1.807, 2.05) is 13.8 Å². The lowest BCUT2D eigenvalue weighted by atomic mass is 10.1. The molecule has 2 unspecified atom stereocenters. The Bertz CT molecular complexity index is 621. The number of rotatable bonds is 1. The van der Waals surface area contributed by atoms with Gasteiger partial charge < -0.3 is 10.4 Å². The second-order valence-electron chi connectivity index (χ2n) is 4.62. The maximum absolute atomic E-state index is 12.3. The van der Waals surface area contributed by atoms with Gasteiger partial charge in [0.15, 0.2) is 15.1 Å². The summed E-state index contributed by atoms with van der Waals surface area (Å²) in [6.07, 6.45) is 0. The minimum absolute atomic E-state index is 0.0797. The third kappa shape index (κ3) is 1.68. The van der Waals surface area contributed by atoms with Crippen LogP contribution in [0.5, 0.6) is 0 Å². The lowest BCUT2D eigenvalue weighted by Gasteiger charge is -2.31. The van der Waals surface area contributed by atoms with Crippen LogP contribution in [0.4, 0.5) is 5.69 Å². The Labute approximate surface area is 106 Å². The summed E-state index contributed by atoms with van der Waals surface area (Å²) in [5.74, 6) is -1.32. The molecule has 0 radical (unpaired) electrons. The van der Waals surface area contributed by atoms with Gasteiger partial charge in [-0.1, -0.05) is 6.07 Å². The monoisotopic (exact) mass is 269 g/mol. The molecule has 1 aliphatic rings. The standard InChI is InChI=1S/C12H15NO4S/c1-6-4-5-9-10(7(6)2)13-8(3)11(12(14)15)18(9,16)17/h4-5,8,11,13H,1-3H3,(H,14,15). The first-order valence-electron chi connectivity index (χ1n) is 5.60. The molecule has 18 heavy (non-hydrogen) atoms. The lowest BCUT2D eigenvalue weighted by Crippen LogP contribution is -2.47. The van der Waals surface area contributed by atoms with E-state index in [1.54, 1.807) is 13.0 Å². The number of nitrogens with one attached hydrogen (secondary N) is 1. The normalized spacial score (nSPS) is 25.1. The summed E-state index contributed by atoms with van der Waals surface area (Å²) in [6.45, 7) is 5.28. The minimum Gasteiger partial charge on any atom is -0.480 e. The number of fused-ring (bicyclic) bond motifs is 1. The van der Waals surface area contributed by atoms with Gasteiger partial charge in [-0.25, -0.2) is 8.42 Å². The Morgan fingerprint density at radius 2 is 1.94 bits per heavy atom. The molecule has 5 nitrogen and oxygen atoms in total. The maximum atomic E-state index is 12.3. The number of carboxylic acids is 1. The van der Waals surface area contributed by atoms with Gasteiger partial charge in [0.25, 0.3) is 0 Å². The first kappa shape index (κ1) is 12.9. The molecule has 6 heteroatoms. The molecule has 2 N–H and O–H groups in total. The molecule has 1 heterocycles. The number of benzene rings is 1. The van der Waals surface area contributed by atoms with Crippen LogP contribution in [0.1, 0.15) is 18.1 Å². The van der Waals surface area contributed by atoms with Gasteiger partial charge in [-0.3, -0.25) is 4.79 Å². The zero-order valence-electron chi connectivity index (χ0n) is 10.4. The molecule has 0 aliphatic carbocycles. The second-order valence-corrected chi connectivity index (χ2v) is 6.66. The molecule has 0 saturated heterocycles. The summed E-state index contributed by atoms with van der Waals surface area (Å²) >= 11 is 0. The van der Waals surface area contributed by atoms with Crippen molar-refractivity contribution in [2.75, 3.05) is 5.32 Å². The third-order valence-corrected chi connectivity index (χ3v) is 5.64. The molecule has 1 aliphatic heterocycles. The van der Waals surface area contributed by atoms with Crippen LogP contribution in [-0.4, -0.2) is 30.8 Å². The molecule has 0 spiro atoms. The summed E-state index contributed by atoms with van der Waals surface area (Å²) in [7, 11) is -3.83. The quantitative estimate of drug-likeness (QED) is 0.804. The SMILES string of the molecule is Cc1ccc2c(c1C)NC(C)C(C(=O)O)S2(=O)=O. The molecule has 0 amide bonds. The molecule has 0 aromatic heterocycles. The van der Waals surface area contributed by atoms with Gasteiger partial charge in [0.05, 0.1) is 16.6 Å². The fourth-order valence-electron chi connectivity index (χ4n) is 2.26. The van der Waals surface area contributed by atoms with Crippen LogP contribution >= 0.6 is 0 Å². The summed E-state index contributed by atoms with van der Waals surface area (Å²) < 4.78 is 24.6. The first-order chi connectivity index (χ1) is 8.26. The summed E-state index contributed by atoms with van der Waals surface area (Å²) in [6, 6.07) is 2.52. The van der Waals surface area contributed by atoms with Crippen molar-refractivity contribution in [3.05, 3.63) is 23.3 Å². The van der Waals surface area contributed by atoms with Gasteiger partial charge in [-0.05, 0) is 38.0 Å². The largest absolute Gasteiger partial charge is 0.480 e. The predicted octanol–water partition coefficient (Wildman–Crippen LogP) is 1.34. The highest BCUT2D eigenvalue weighted by Gasteiger charge is 2.44. The number of sulfone groups is 1. The van der Waals surface area contributed by atoms with Crippen molar-refractivity contribution >= 4 is 21.5 Å². The molecule has 1 aromatic rings. The van der Waals surface area contributed by atoms with E-state index in [1.165, 1.54) is 6.07 Å². The van der Waals surface area contributed by atoms with Crippen LogP contribution in [0.2, 0.25) is 0 Å². The van der Waals surface area contributed by atoms with Gasteiger partial charge in [-0.2, -0.15) is 0 Å². The average Bonchev–Trinajstić information content (AvgIpc) is 2.22. The van der Waals surface area contributed by atoms with Gasteiger partial charge in [0, 0.05) is 0 Å². The Morgan fingerprint density at radius 3 is 2.50 bits per heavy atom. The molecule has 0 fully saturated rings. The van der Waals surface area contributed by atoms with Crippen LogP contribution in [0.25, 0.3) is 0 Å². The van der Waals surface area contributed by atoms with Crippen molar-refractivity contribution in [2.24, 2.45) is 0 Å². The van der Waals surface area contributed by atoms with Crippen molar-refractivity contribution in [3.63, 3.8) is 0 Å². The Balaban J connectivity index is 2.73. The number of hydrogen-bond acceptors (Lipinski definition) is 4. The number of carbonyl (C=O) groups is 1. The molecule has 0 bridgehead atoms. The number of hydrogen-bond donors (Lipinski definition) is 2. The number of aliphatic carboxylic acids is 1. The average molecular weight is 269 g/mol.